The van der Waals surface area contributed by atoms with Gasteiger partial charge in [-0.25, -0.2) is 0 Å². The van der Waals surface area contributed by atoms with E-state index in [0.29, 0.717) is 5.41 Å². The molecule has 0 atom stereocenters. The third kappa shape index (κ3) is 1.65. The van der Waals surface area contributed by atoms with E-state index in [-0.39, 0.29) is 5.41 Å². The Balaban J connectivity index is 2.31. The van der Waals surface area contributed by atoms with Gasteiger partial charge in [0, 0.05) is 0 Å². The van der Waals surface area contributed by atoms with Crippen LogP contribution in [-0.4, -0.2) is 0 Å². The predicted molar refractivity (Wildman–Crippen MR) is 61.5 cm³/mol. The maximum Gasteiger partial charge on any atom is 0.0832 e. The van der Waals surface area contributed by atoms with Crippen LogP contribution in [0.2, 0.25) is 0 Å². The number of hydrogen-bond donors (Lipinski definition) is 0. The molecule has 0 aliphatic heterocycles. The molecule has 0 unspecified atom stereocenters. The van der Waals surface area contributed by atoms with E-state index in [2.05, 4.69) is 51.1 Å². The van der Waals surface area contributed by atoms with Crippen LogP contribution in [0.15, 0.2) is 24.3 Å². The van der Waals surface area contributed by atoms with Crippen molar-refractivity contribution in [1.29, 1.82) is 5.26 Å². The summed E-state index contributed by atoms with van der Waals surface area (Å²) in [6.45, 7) is 6.54. The molecule has 0 radical (unpaired) electrons. The Morgan fingerprint density at radius 2 is 1.67 bits per heavy atom. The largest absolute Gasteiger partial charge is 0.197 e. The number of rotatable bonds is 1. The van der Waals surface area contributed by atoms with E-state index in [0.717, 1.165) is 12.8 Å². The first-order chi connectivity index (χ1) is 6.97. The maximum atomic E-state index is 9.34. The summed E-state index contributed by atoms with van der Waals surface area (Å²) >= 11 is 0. The average Bonchev–Trinajstić information content (AvgIpc) is 2.14. The lowest BCUT2D eigenvalue weighted by atomic mass is 9.52. The molecule has 1 heteroatoms. The molecule has 1 aromatic carbocycles. The quantitative estimate of drug-likeness (QED) is 0.678. The predicted octanol–water partition coefficient (Wildman–Crippen LogP) is 3.58. The van der Waals surface area contributed by atoms with Crippen LogP contribution in [0.1, 0.15) is 37.8 Å². The second-order valence-electron chi connectivity index (χ2n) is 5.58. The van der Waals surface area contributed by atoms with Crippen LogP contribution >= 0.6 is 0 Å². The minimum absolute atomic E-state index is 0.211. The molecule has 0 aromatic heterocycles. The van der Waals surface area contributed by atoms with E-state index in [4.69, 9.17) is 0 Å². The first-order valence-corrected chi connectivity index (χ1v) is 5.46. The summed E-state index contributed by atoms with van der Waals surface area (Å²) < 4.78 is 0. The van der Waals surface area contributed by atoms with Gasteiger partial charge in [-0.1, -0.05) is 43.7 Å². The van der Waals surface area contributed by atoms with Crippen molar-refractivity contribution in [3.63, 3.8) is 0 Å². The highest BCUT2D eigenvalue weighted by Gasteiger charge is 2.50. The summed E-state index contributed by atoms with van der Waals surface area (Å²) in [5.74, 6) is 0. The van der Waals surface area contributed by atoms with Gasteiger partial charge in [0.05, 0.1) is 11.5 Å². The van der Waals surface area contributed by atoms with E-state index in [1.54, 1.807) is 0 Å². The highest BCUT2D eigenvalue weighted by atomic mass is 14.5. The van der Waals surface area contributed by atoms with Gasteiger partial charge in [0.1, 0.15) is 0 Å². The Bertz CT molecular complexity index is 398. The first-order valence-electron chi connectivity index (χ1n) is 5.46. The van der Waals surface area contributed by atoms with Crippen molar-refractivity contribution in [2.45, 2.75) is 39.0 Å². The molecule has 15 heavy (non-hydrogen) atoms. The van der Waals surface area contributed by atoms with Crippen molar-refractivity contribution in [1.82, 2.24) is 0 Å². The Morgan fingerprint density at radius 1 is 1.13 bits per heavy atom. The van der Waals surface area contributed by atoms with Crippen molar-refractivity contribution < 1.29 is 0 Å². The molecule has 0 bridgehead atoms. The Kier molecular flexibility index (Phi) is 2.12. The summed E-state index contributed by atoms with van der Waals surface area (Å²) in [6, 6.07) is 10.9. The lowest BCUT2D eigenvalue weighted by molar-refractivity contribution is 0.0999. The maximum absolute atomic E-state index is 9.34. The van der Waals surface area contributed by atoms with Crippen LogP contribution < -0.4 is 0 Å². The summed E-state index contributed by atoms with van der Waals surface area (Å²) in [7, 11) is 0. The molecule has 0 N–H and O–H groups in total. The zero-order valence-corrected chi connectivity index (χ0v) is 9.67. The molecule has 0 spiro atoms. The molecule has 1 saturated carbocycles. The molecule has 1 aromatic rings. The number of benzene rings is 1. The van der Waals surface area contributed by atoms with Crippen LogP contribution in [0.5, 0.6) is 0 Å². The lowest BCUT2D eigenvalue weighted by Crippen LogP contribution is -2.45. The third-order valence-electron chi connectivity index (χ3n) is 3.38. The molecular weight excluding hydrogens is 182 g/mol. The van der Waals surface area contributed by atoms with Gasteiger partial charge >= 0.3 is 0 Å². The van der Waals surface area contributed by atoms with Crippen LogP contribution in [0.25, 0.3) is 0 Å². The molecule has 0 amide bonds. The second-order valence-corrected chi connectivity index (χ2v) is 5.58. The van der Waals surface area contributed by atoms with E-state index in [1.807, 2.05) is 0 Å². The van der Waals surface area contributed by atoms with Gasteiger partial charge in [-0.15, -0.1) is 0 Å². The molecule has 1 fully saturated rings. The summed E-state index contributed by atoms with van der Waals surface area (Å²) in [5, 5.41) is 9.34. The minimum Gasteiger partial charge on any atom is -0.197 e. The monoisotopic (exact) mass is 199 g/mol. The van der Waals surface area contributed by atoms with Crippen molar-refractivity contribution >= 4 is 0 Å². The number of aryl methyl sites for hydroxylation is 1. The van der Waals surface area contributed by atoms with Gasteiger partial charge in [-0.3, -0.25) is 0 Å². The van der Waals surface area contributed by atoms with Crippen LogP contribution in [0.4, 0.5) is 0 Å². The SMILES string of the molecule is Cc1ccc(C2(C#N)CC(C)(C)C2)cc1. The van der Waals surface area contributed by atoms with Gasteiger partial charge in [0.2, 0.25) is 0 Å². The third-order valence-corrected chi connectivity index (χ3v) is 3.38. The van der Waals surface area contributed by atoms with Crippen molar-refractivity contribution in [3.05, 3.63) is 35.4 Å². The van der Waals surface area contributed by atoms with Gasteiger partial charge in [-0.05, 0) is 30.7 Å². The lowest BCUT2D eigenvalue weighted by Gasteiger charge is -2.49. The van der Waals surface area contributed by atoms with Gasteiger partial charge in [0.25, 0.3) is 0 Å². The number of nitriles is 1. The highest BCUT2D eigenvalue weighted by Crippen LogP contribution is 2.54. The van der Waals surface area contributed by atoms with Crippen molar-refractivity contribution in [2.75, 3.05) is 0 Å². The summed E-state index contributed by atoms with van der Waals surface area (Å²) in [6.07, 6.45) is 1.97. The number of hydrogen-bond acceptors (Lipinski definition) is 1. The zero-order chi connectivity index (χ0) is 11.1. The van der Waals surface area contributed by atoms with Gasteiger partial charge < -0.3 is 0 Å². The fourth-order valence-electron chi connectivity index (χ4n) is 2.80. The molecule has 1 nitrogen and oxygen atoms in total. The van der Waals surface area contributed by atoms with Gasteiger partial charge in [-0.2, -0.15) is 5.26 Å². The highest BCUT2D eigenvalue weighted by molar-refractivity contribution is 5.38. The Morgan fingerprint density at radius 3 is 2.07 bits per heavy atom. The fraction of sp³-hybridized carbons (Fsp3) is 0.500. The molecule has 0 heterocycles. The molecule has 78 valence electrons. The molecule has 1 aliphatic rings. The summed E-state index contributed by atoms with van der Waals surface area (Å²) in [5.41, 5.74) is 2.57. The van der Waals surface area contributed by atoms with Crippen LogP contribution in [0, 0.1) is 23.7 Å². The standard InChI is InChI=1S/C14H17N/c1-11-4-6-12(7-5-11)14(10-15)8-13(2,3)9-14/h4-7H,8-9H2,1-3H3. The van der Waals surface area contributed by atoms with Crippen molar-refractivity contribution in [3.8, 4) is 6.07 Å². The summed E-state index contributed by atoms with van der Waals surface area (Å²) in [4.78, 5) is 0. The fourth-order valence-corrected chi connectivity index (χ4v) is 2.80. The topological polar surface area (TPSA) is 23.8 Å². The molecule has 1 aliphatic carbocycles. The first kappa shape index (κ1) is 10.2. The number of nitrogens with zero attached hydrogens (tertiary/aromatic N) is 1. The molecule has 0 saturated heterocycles. The van der Waals surface area contributed by atoms with E-state index in [1.165, 1.54) is 11.1 Å². The van der Waals surface area contributed by atoms with Crippen molar-refractivity contribution in [2.24, 2.45) is 5.41 Å². The molecule has 2 rings (SSSR count). The van der Waals surface area contributed by atoms with Gasteiger partial charge in [0.15, 0.2) is 0 Å². The average molecular weight is 199 g/mol. The Hall–Kier alpha value is -1.29. The van der Waals surface area contributed by atoms with E-state index in [9.17, 15) is 5.26 Å². The van der Waals surface area contributed by atoms with Crippen LogP contribution in [-0.2, 0) is 5.41 Å². The smallest absolute Gasteiger partial charge is 0.0832 e. The normalized spacial score (nSPS) is 21.5. The van der Waals surface area contributed by atoms with E-state index >= 15 is 0 Å². The second kappa shape index (κ2) is 3.10. The van der Waals surface area contributed by atoms with E-state index < -0.39 is 0 Å². The zero-order valence-electron chi connectivity index (χ0n) is 9.67. The van der Waals surface area contributed by atoms with Crippen LogP contribution in [0.3, 0.4) is 0 Å². The minimum atomic E-state index is -0.211. The molecular formula is C14H17N. The Labute approximate surface area is 91.7 Å².